The molecule has 4 nitrogen and oxygen atoms in total. The van der Waals surface area contributed by atoms with Gasteiger partial charge in [-0.05, 0) is 10.7 Å². The first-order valence-corrected chi connectivity index (χ1v) is 5.70. The van der Waals surface area contributed by atoms with Crippen LogP contribution in [0.1, 0.15) is 15.9 Å². The summed E-state index contributed by atoms with van der Waals surface area (Å²) in [5.41, 5.74) is 1.44. The highest BCUT2D eigenvalue weighted by molar-refractivity contribution is 9.08. The lowest BCUT2D eigenvalue weighted by atomic mass is 10.1. The van der Waals surface area contributed by atoms with Gasteiger partial charge in [-0.15, -0.1) is 0 Å². The molecular weight excluding hydrogens is 274 g/mol. The second kappa shape index (κ2) is 6.27. The summed E-state index contributed by atoms with van der Waals surface area (Å²) >= 11 is 3.32. The van der Waals surface area contributed by atoms with Gasteiger partial charge >= 0.3 is 0 Å². The molecule has 0 saturated carbocycles. The average molecular weight is 286 g/mol. The van der Waals surface area contributed by atoms with Gasteiger partial charge in [0.2, 0.25) is 0 Å². The maximum atomic E-state index is 12.0. The van der Waals surface area contributed by atoms with E-state index >= 15 is 0 Å². The van der Waals surface area contributed by atoms with Crippen molar-refractivity contribution in [2.24, 2.45) is 5.16 Å². The first-order chi connectivity index (χ1) is 7.74. The minimum absolute atomic E-state index is 0.0594. The number of carbonyl (C=O) groups is 1. The van der Waals surface area contributed by atoms with Gasteiger partial charge in [0.25, 0.3) is 11.7 Å². The summed E-state index contributed by atoms with van der Waals surface area (Å²) in [7, 11) is 2.75. The third-order valence-electron chi connectivity index (χ3n) is 1.97. The molecule has 16 heavy (non-hydrogen) atoms. The number of methoxy groups -OCH3 is 1. The van der Waals surface area contributed by atoms with Crippen molar-refractivity contribution >= 4 is 27.6 Å². The Hall–Kier alpha value is -1.36. The molecule has 0 atom stereocenters. The van der Waals surface area contributed by atoms with Crippen molar-refractivity contribution < 1.29 is 14.4 Å². The predicted octanol–water partition coefficient (Wildman–Crippen LogP) is 2.37. The van der Waals surface area contributed by atoms with Gasteiger partial charge in [0, 0.05) is 10.9 Å². The number of hydrogen-bond donors (Lipinski definition) is 0. The van der Waals surface area contributed by atoms with E-state index in [1.165, 1.54) is 14.2 Å². The molecule has 0 fully saturated rings. The second-order valence-corrected chi connectivity index (χ2v) is 3.46. The highest BCUT2D eigenvalue weighted by Gasteiger charge is 2.18. The third-order valence-corrected chi connectivity index (χ3v) is 2.57. The SMILES string of the molecule is CO/N=C(/OC)C(=O)c1ccccc1CBr. The fourth-order valence-corrected chi connectivity index (χ4v) is 1.72. The van der Waals surface area contributed by atoms with Crippen LogP contribution in [0.3, 0.4) is 0 Å². The van der Waals surface area contributed by atoms with Gasteiger partial charge in [0.1, 0.15) is 7.11 Å². The number of oxime groups is 1. The average Bonchev–Trinajstić information content (AvgIpc) is 2.35. The molecule has 1 rings (SSSR count). The molecule has 0 amide bonds. The minimum atomic E-state index is -0.292. The summed E-state index contributed by atoms with van der Waals surface area (Å²) < 4.78 is 4.87. The van der Waals surface area contributed by atoms with E-state index in [2.05, 4.69) is 25.9 Å². The summed E-state index contributed by atoms with van der Waals surface area (Å²) in [6.45, 7) is 0. The minimum Gasteiger partial charge on any atom is -0.476 e. The first kappa shape index (κ1) is 12.7. The number of ether oxygens (including phenoxy) is 1. The number of ketones is 1. The summed E-state index contributed by atoms with van der Waals surface area (Å²) in [4.78, 5) is 16.5. The Morgan fingerprint density at radius 2 is 2.06 bits per heavy atom. The van der Waals surface area contributed by atoms with Gasteiger partial charge in [-0.3, -0.25) is 4.79 Å². The van der Waals surface area contributed by atoms with Crippen molar-refractivity contribution in [2.75, 3.05) is 14.2 Å². The fourth-order valence-electron chi connectivity index (χ4n) is 1.23. The molecule has 0 unspecified atom stereocenters. The van der Waals surface area contributed by atoms with Crippen LogP contribution in [0.15, 0.2) is 29.4 Å². The molecule has 1 aromatic rings. The smallest absolute Gasteiger partial charge is 0.298 e. The molecular formula is C11H12BrNO3. The molecule has 0 heterocycles. The predicted molar refractivity (Wildman–Crippen MR) is 64.9 cm³/mol. The van der Waals surface area contributed by atoms with Crippen LogP contribution in [-0.4, -0.2) is 25.9 Å². The standard InChI is InChI=1S/C11H12BrNO3/c1-15-11(13-16-2)10(14)9-6-4-3-5-8(9)7-12/h3-6H,7H2,1-2H3/b13-11+. The van der Waals surface area contributed by atoms with E-state index in [1.807, 2.05) is 12.1 Å². The van der Waals surface area contributed by atoms with E-state index in [1.54, 1.807) is 12.1 Å². The van der Waals surface area contributed by atoms with Crippen molar-refractivity contribution in [3.63, 3.8) is 0 Å². The van der Waals surface area contributed by atoms with Crippen LogP contribution in [0, 0.1) is 0 Å². The number of benzene rings is 1. The Balaban J connectivity index is 3.08. The normalized spacial score (nSPS) is 11.1. The number of alkyl halides is 1. The Labute approximate surface area is 102 Å². The van der Waals surface area contributed by atoms with Crippen molar-refractivity contribution in [3.05, 3.63) is 35.4 Å². The van der Waals surface area contributed by atoms with Crippen LogP contribution in [0.5, 0.6) is 0 Å². The van der Waals surface area contributed by atoms with Crippen molar-refractivity contribution in [3.8, 4) is 0 Å². The van der Waals surface area contributed by atoms with Gasteiger partial charge in [-0.2, -0.15) is 0 Å². The number of nitrogens with zero attached hydrogens (tertiary/aromatic N) is 1. The summed E-state index contributed by atoms with van der Waals surface area (Å²) in [6, 6.07) is 7.25. The van der Waals surface area contributed by atoms with Gasteiger partial charge in [0.05, 0.1) is 7.11 Å². The van der Waals surface area contributed by atoms with E-state index in [4.69, 9.17) is 4.74 Å². The number of hydrogen-bond acceptors (Lipinski definition) is 4. The molecule has 0 aliphatic carbocycles. The van der Waals surface area contributed by atoms with Crippen LogP contribution in [0.2, 0.25) is 0 Å². The zero-order valence-corrected chi connectivity index (χ0v) is 10.7. The van der Waals surface area contributed by atoms with Crippen molar-refractivity contribution in [1.29, 1.82) is 0 Å². The molecule has 0 aliphatic rings. The van der Waals surface area contributed by atoms with Crippen molar-refractivity contribution in [2.45, 2.75) is 5.33 Å². The van der Waals surface area contributed by atoms with E-state index in [0.717, 1.165) is 5.56 Å². The van der Waals surface area contributed by atoms with Gasteiger partial charge in [0.15, 0.2) is 0 Å². The topological polar surface area (TPSA) is 47.9 Å². The Bertz CT molecular complexity index is 404. The summed E-state index contributed by atoms with van der Waals surface area (Å²) in [5.74, 6) is -0.352. The number of rotatable bonds is 4. The zero-order chi connectivity index (χ0) is 12.0. The van der Waals surface area contributed by atoms with Crippen LogP contribution in [-0.2, 0) is 14.9 Å². The maximum absolute atomic E-state index is 12.0. The highest BCUT2D eigenvalue weighted by atomic mass is 79.9. The molecule has 0 N–H and O–H groups in total. The highest BCUT2D eigenvalue weighted by Crippen LogP contribution is 2.14. The molecule has 5 heteroatoms. The summed E-state index contributed by atoms with van der Waals surface area (Å²) in [6.07, 6.45) is 0. The number of carbonyl (C=O) groups excluding carboxylic acids is 1. The second-order valence-electron chi connectivity index (χ2n) is 2.90. The molecule has 86 valence electrons. The molecule has 1 aromatic carbocycles. The number of halogens is 1. The van der Waals surface area contributed by atoms with Gasteiger partial charge in [-0.25, -0.2) is 0 Å². The Morgan fingerprint density at radius 1 is 1.38 bits per heavy atom. The maximum Gasteiger partial charge on any atom is 0.298 e. The van der Waals surface area contributed by atoms with E-state index in [-0.39, 0.29) is 11.7 Å². The monoisotopic (exact) mass is 285 g/mol. The lowest BCUT2D eigenvalue weighted by molar-refractivity contribution is 0.102. The zero-order valence-electron chi connectivity index (χ0n) is 9.07. The lowest BCUT2D eigenvalue weighted by Gasteiger charge is -2.06. The largest absolute Gasteiger partial charge is 0.476 e. The molecule has 0 saturated heterocycles. The van der Waals surface area contributed by atoms with Gasteiger partial charge in [-0.1, -0.05) is 40.2 Å². The Kier molecular flexibility index (Phi) is 4.98. The molecule has 0 aromatic heterocycles. The summed E-state index contributed by atoms with van der Waals surface area (Å²) in [5, 5.41) is 4.12. The van der Waals surface area contributed by atoms with E-state index < -0.39 is 0 Å². The molecule has 0 radical (unpaired) electrons. The molecule has 0 spiro atoms. The first-order valence-electron chi connectivity index (χ1n) is 4.58. The van der Waals surface area contributed by atoms with E-state index in [0.29, 0.717) is 10.9 Å². The van der Waals surface area contributed by atoms with Gasteiger partial charge < -0.3 is 9.57 Å². The molecule has 0 bridgehead atoms. The van der Waals surface area contributed by atoms with Crippen molar-refractivity contribution in [1.82, 2.24) is 0 Å². The number of Topliss-reactive ketones (excluding diaryl/α,β-unsaturated/α-hetero) is 1. The van der Waals surface area contributed by atoms with Crippen LogP contribution >= 0.6 is 15.9 Å². The van der Waals surface area contributed by atoms with Crippen LogP contribution in [0.25, 0.3) is 0 Å². The third kappa shape index (κ3) is 2.82. The lowest BCUT2D eigenvalue weighted by Crippen LogP contribution is -2.18. The van der Waals surface area contributed by atoms with E-state index in [9.17, 15) is 4.79 Å². The molecule has 0 aliphatic heterocycles. The quantitative estimate of drug-likeness (QED) is 0.281. The Morgan fingerprint density at radius 3 is 2.62 bits per heavy atom. The van der Waals surface area contributed by atoms with Crippen LogP contribution in [0.4, 0.5) is 0 Å². The van der Waals surface area contributed by atoms with Crippen LogP contribution < -0.4 is 0 Å². The fraction of sp³-hybridized carbons (Fsp3) is 0.273.